The van der Waals surface area contributed by atoms with Gasteiger partial charge in [0.15, 0.2) is 0 Å². The van der Waals surface area contributed by atoms with Gasteiger partial charge < -0.3 is 4.74 Å². The summed E-state index contributed by atoms with van der Waals surface area (Å²) in [6.07, 6.45) is 1.81. The highest BCUT2D eigenvalue weighted by Gasteiger charge is 2.31. The predicted octanol–water partition coefficient (Wildman–Crippen LogP) is 0.136. The Labute approximate surface area is 97.2 Å². The first-order valence-corrected chi connectivity index (χ1v) is 5.12. The van der Waals surface area contributed by atoms with Gasteiger partial charge in [-0.2, -0.15) is 0 Å². The molecule has 0 spiro atoms. The Morgan fingerprint density at radius 2 is 2.00 bits per heavy atom. The number of imide groups is 1. The van der Waals surface area contributed by atoms with Crippen LogP contribution in [0.3, 0.4) is 0 Å². The second-order valence-corrected chi connectivity index (χ2v) is 3.52. The average molecular weight is 234 g/mol. The second-order valence-electron chi connectivity index (χ2n) is 3.52. The van der Waals surface area contributed by atoms with Crippen molar-refractivity contribution in [3.63, 3.8) is 0 Å². The van der Waals surface area contributed by atoms with E-state index in [0.717, 1.165) is 4.90 Å². The van der Waals surface area contributed by atoms with Crippen molar-refractivity contribution in [3.05, 3.63) is 24.4 Å². The number of amides is 2. The minimum atomic E-state index is -0.674. The number of esters is 1. The van der Waals surface area contributed by atoms with E-state index >= 15 is 0 Å². The largest absolute Gasteiger partial charge is 0.406 e. The van der Waals surface area contributed by atoms with Crippen molar-refractivity contribution in [2.24, 2.45) is 0 Å². The number of nitrogens with zero attached hydrogens (tertiary/aromatic N) is 2. The van der Waals surface area contributed by atoms with Crippen molar-refractivity contribution >= 4 is 17.8 Å². The Kier molecular flexibility index (Phi) is 3.13. The number of pyridine rings is 1. The molecule has 17 heavy (non-hydrogen) atoms. The number of carbonyl (C=O) groups excluding carboxylic acids is 3. The summed E-state index contributed by atoms with van der Waals surface area (Å²) in [4.78, 5) is 38.7. The molecule has 2 rings (SSSR count). The Morgan fingerprint density at radius 3 is 2.59 bits per heavy atom. The maximum absolute atomic E-state index is 11.5. The summed E-state index contributed by atoms with van der Waals surface area (Å²) >= 11 is 0. The first-order valence-electron chi connectivity index (χ1n) is 5.12. The van der Waals surface area contributed by atoms with Crippen molar-refractivity contribution in [1.82, 2.24) is 9.88 Å². The zero-order valence-electron chi connectivity index (χ0n) is 8.96. The van der Waals surface area contributed by atoms with Crippen LogP contribution in [-0.2, 0) is 14.4 Å². The van der Waals surface area contributed by atoms with Gasteiger partial charge in [0.2, 0.25) is 17.7 Å². The third kappa shape index (κ3) is 2.66. The molecule has 1 aromatic rings. The molecule has 88 valence electrons. The van der Waals surface area contributed by atoms with Crippen molar-refractivity contribution in [1.29, 1.82) is 0 Å². The summed E-state index contributed by atoms with van der Waals surface area (Å²) in [5.41, 5.74) is 0. The third-order valence-corrected chi connectivity index (χ3v) is 2.30. The van der Waals surface area contributed by atoms with Crippen molar-refractivity contribution in [2.75, 3.05) is 6.54 Å². The van der Waals surface area contributed by atoms with Crippen LogP contribution in [0, 0.1) is 0 Å². The highest BCUT2D eigenvalue weighted by molar-refractivity contribution is 6.04. The molecule has 6 heteroatoms. The van der Waals surface area contributed by atoms with Gasteiger partial charge in [0.05, 0.1) is 0 Å². The molecule has 0 unspecified atom stereocenters. The fraction of sp³-hybridized carbons (Fsp3) is 0.273. The number of carbonyl (C=O) groups is 3. The number of rotatable bonds is 3. The third-order valence-electron chi connectivity index (χ3n) is 2.30. The molecule has 6 nitrogen and oxygen atoms in total. The van der Waals surface area contributed by atoms with Gasteiger partial charge in [-0.25, -0.2) is 9.78 Å². The Hall–Kier alpha value is -2.24. The minimum absolute atomic E-state index is 0.150. The molecule has 0 aliphatic carbocycles. The van der Waals surface area contributed by atoms with E-state index in [1.54, 1.807) is 12.1 Å². The highest BCUT2D eigenvalue weighted by Crippen LogP contribution is 2.12. The van der Waals surface area contributed by atoms with E-state index in [2.05, 4.69) is 4.98 Å². The van der Waals surface area contributed by atoms with Crippen LogP contribution < -0.4 is 4.74 Å². The topological polar surface area (TPSA) is 76.6 Å². The van der Waals surface area contributed by atoms with E-state index < -0.39 is 5.97 Å². The summed E-state index contributed by atoms with van der Waals surface area (Å²) in [5.74, 6) is -1.20. The normalized spacial score (nSPS) is 15.2. The molecular formula is C11H10N2O4. The summed E-state index contributed by atoms with van der Waals surface area (Å²) in [5, 5.41) is 0. The summed E-state index contributed by atoms with van der Waals surface area (Å²) < 4.78 is 4.88. The average Bonchev–Trinajstić information content (AvgIpc) is 2.62. The first kappa shape index (κ1) is 11.3. The summed E-state index contributed by atoms with van der Waals surface area (Å²) in [6.45, 7) is -0.353. The zero-order valence-corrected chi connectivity index (χ0v) is 8.96. The van der Waals surface area contributed by atoms with Gasteiger partial charge in [0.25, 0.3) is 0 Å². The molecule has 1 aliphatic heterocycles. The van der Waals surface area contributed by atoms with Gasteiger partial charge in [0.1, 0.15) is 6.54 Å². The molecule has 0 radical (unpaired) electrons. The molecule has 2 heterocycles. The van der Waals surface area contributed by atoms with Gasteiger partial charge in [-0.15, -0.1) is 0 Å². The van der Waals surface area contributed by atoms with Crippen LogP contribution >= 0.6 is 0 Å². The van der Waals surface area contributed by atoms with Crippen LogP contribution in [-0.4, -0.2) is 34.2 Å². The van der Waals surface area contributed by atoms with E-state index in [4.69, 9.17) is 4.74 Å². The Morgan fingerprint density at radius 1 is 1.29 bits per heavy atom. The van der Waals surface area contributed by atoms with E-state index in [0.29, 0.717) is 0 Å². The smallest absolute Gasteiger partial charge is 0.332 e. The quantitative estimate of drug-likeness (QED) is 0.549. The Balaban J connectivity index is 1.94. The zero-order chi connectivity index (χ0) is 12.3. The molecule has 2 amide bonds. The van der Waals surface area contributed by atoms with Gasteiger partial charge in [-0.05, 0) is 6.07 Å². The number of ether oxygens (including phenoxy) is 1. The standard InChI is InChI=1S/C11H10N2O4/c14-9-4-5-10(15)13(9)7-11(16)17-8-3-1-2-6-12-8/h1-3,6H,4-5,7H2. The molecular weight excluding hydrogens is 224 g/mol. The van der Waals surface area contributed by atoms with Crippen LogP contribution in [0.5, 0.6) is 5.88 Å². The van der Waals surface area contributed by atoms with Crippen LogP contribution in [0.15, 0.2) is 24.4 Å². The number of likely N-dealkylation sites (tertiary alicyclic amines) is 1. The van der Waals surface area contributed by atoms with Crippen LogP contribution in [0.1, 0.15) is 12.8 Å². The molecule has 1 aromatic heterocycles. The van der Waals surface area contributed by atoms with E-state index in [1.165, 1.54) is 12.3 Å². The van der Waals surface area contributed by atoms with Gasteiger partial charge in [-0.3, -0.25) is 14.5 Å². The summed E-state index contributed by atoms with van der Waals surface area (Å²) in [7, 11) is 0. The van der Waals surface area contributed by atoms with Gasteiger partial charge in [0, 0.05) is 25.1 Å². The van der Waals surface area contributed by atoms with E-state index in [1.807, 2.05) is 0 Å². The van der Waals surface area contributed by atoms with Gasteiger partial charge >= 0.3 is 5.97 Å². The lowest BCUT2D eigenvalue weighted by Gasteiger charge is -2.11. The molecule has 0 atom stereocenters. The highest BCUT2D eigenvalue weighted by atomic mass is 16.5. The molecule has 1 fully saturated rings. The Bertz CT molecular complexity index is 442. The van der Waals surface area contributed by atoms with Gasteiger partial charge in [-0.1, -0.05) is 6.07 Å². The second kappa shape index (κ2) is 4.73. The van der Waals surface area contributed by atoms with E-state index in [9.17, 15) is 14.4 Å². The summed E-state index contributed by atoms with van der Waals surface area (Å²) in [6, 6.07) is 4.87. The van der Waals surface area contributed by atoms with Crippen LogP contribution in [0.2, 0.25) is 0 Å². The van der Waals surface area contributed by atoms with E-state index in [-0.39, 0.29) is 37.1 Å². The lowest BCUT2D eigenvalue weighted by atomic mass is 10.4. The number of hydrogen-bond donors (Lipinski definition) is 0. The fourth-order valence-electron chi connectivity index (χ4n) is 1.48. The maximum Gasteiger partial charge on any atom is 0.332 e. The van der Waals surface area contributed by atoms with Crippen LogP contribution in [0.4, 0.5) is 0 Å². The monoisotopic (exact) mass is 234 g/mol. The first-order chi connectivity index (χ1) is 8.16. The van der Waals surface area contributed by atoms with Crippen LogP contribution in [0.25, 0.3) is 0 Å². The number of hydrogen-bond acceptors (Lipinski definition) is 5. The lowest BCUT2D eigenvalue weighted by Crippen LogP contribution is -2.36. The minimum Gasteiger partial charge on any atom is -0.406 e. The molecule has 1 aliphatic rings. The van der Waals surface area contributed by atoms with Crippen molar-refractivity contribution < 1.29 is 19.1 Å². The molecule has 1 saturated heterocycles. The fourth-order valence-corrected chi connectivity index (χ4v) is 1.48. The molecule has 0 aromatic carbocycles. The van der Waals surface area contributed by atoms with Crippen molar-refractivity contribution in [2.45, 2.75) is 12.8 Å². The maximum atomic E-state index is 11.5. The lowest BCUT2D eigenvalue weighted by molar-refractivity contribution is -0.147. The molecule has 0 saturated carbocycles. The number of aromatic nitrogens is 1. The predicted molar refractivity (Wildman–Crippen MR) is 55.8 cm³/mol. The molecule has 0 N–H and O–H groups in total. The van der Waals surface area contributed by atoms with Crippen molar-refractivity contribution in [3.8, 4) is 5.88 Å². The molecule has 0 bridgehead atoms. The SMILES string of the molecule is O=C(CN1C(=O)CCC1=O)Oc1ccccn1.